The van der Waals surface area contributed by atoms with E-state index in [0.29, 0.717) is 11.4 Å². The summed E-state index contributed by atoms with van der Waals surface area (Å²) in [7, 11) is 0. The molecule has 0 aliphatic rings. The van der Waals surface area contributed by atoms with Gasteiger partial charge < -0.3 is 10.6 Å². The van der Waals surface area contributed by atoms with Gasteiger partial charge in [-0.1, -0.05) is 39.8 Å². The van der Waals surface area contributed by atoms with Crippen LogP contribution < -0.4 is 10.6 Å². The molecule has 0 saturated carbocycles. The number of hydrogen-bond acceptors (Lipinski definition) is 4. The van der Waals surface area contributed by atoms with Crippen molar-refractivity contribution in [3.8, 4) is 0 Å². The molecule has 0 aliphatic heterocycles. The molecule has 0 spiro atoms. The van der Waals surface area contributed by atoms with Crippen LogP contribution in [0.4, 0.5) is 21.0 Å². The molecule has 0 unspecified atom stereocenters. The van der Waals surface area contributed by atoms with Crippen LogP contribution in [0, 0.1) is 0 Å². The fourth-order valence-electron chi connectivity index (χ4n) is 3.33. The highest BCUT2D eigenvalue weighted by Crippen LogP contribution is 2.22. The molecule has 1 aromatic carbocycles. The van der Waals surface area contributed by atoms with Gasteiger partial charge in [0.2, 0.25) is 0 Å². The van der Waals surface area contributed by atoms with Gasteiger partial charge >= 0.3 is 12.1 Å². The normalized spacial score (nSPS) is 10.8. The van der Waals surface area contributed by atoms with Crippen LogP contribution in [0.2, 0.25) is 0 Å². The fourth-order valence-corrected chi connectivity index (χ4v) is 3.33. The molecule has 8 nitrogen and oxygen atoms in total. The molecule has 2 heterocycles. The predicted molar refractivity (Wildman–Crippen MR) is 117 cm³/mol. The molecule has 0 radical (unpaired) electrons. The molecule has 158 valence electrons. The minimum Gasteiger partial charge on any atom is -0.304 e. The van der Waals surface area contributed by atoms with Crippen molar-refractivity contribution in [3.05, 3.63) is 59.2 Å². The van der Waals surface area contributed by atoms with Crippen molar-refractivity contribution in [1.29, 1.82) is 0 Å². The number of aromatic nitrogens is 4. The summed E-state index contributed by atoms with van der Waals surface area (Å²) in [6.07, 6.45) is 6.65. The summed E-state index contributed by atoms with van der Waals surface area (Å²) < 4.78 is 2.62. The Morgan fingerprint density at radius 3 is 1.43 bits per heavy atom. The summed E-state index contributed by atoms with van der Waals surface area (Å²) >= 11 is 0. The summed E-state index contributed by atoms with van der Waals surface area (Å²) in [4.78, 5) is 25.4. The molecule has 8 heteroatoms. The zero-order valence-electron chi connectivity index (χ0n) is 17.9. The quantitative estimate of drug-likeness (QED) is 0.628. The van der Waals surface area contributed by atoms with Crippen LogP contribution in [0.25, 0.3) is 0 Å². The van der Waals surface area contributed by atoms with Crippen molar-refractivity contribution in [2.75, 3.05) is 10.6 Å². The second kappa shape index (κ2) is 9.39. The number of hydrogen-bond donors (Lipinski definition) is 2. The number of aryl methyl sites for hydroxylation is 4. The van der Waals surface area contributed by atoms with Gasteiger partial charge in [0, 0.05) is 12.4 Å². The van der Waals surface area contributed by atoms with Gasteiger partial charge in [-0.3, -0.25) is 0 Å². The molecule has 3 aromatic rings. The van der Waals surface area contributed by atoms with E-state index in [4.69, 9.17) is 0 Å². The van der Waals surface area contributed by atoms with Gasteiger partial charge in [0.15, 0.2) is 0 Å². The van der Waals surface area contributed by atoms with Gasteiger partial charge in [0.1, 0.15) is 0 Å². The van der Waals surface area contributed by atoms with E-state index in [1.807, 2.05) is 27.7 Å². The molecule has 0 bridgehead atoms. The lowest BCUT2D eigenvalue weighted by atomic mass is 10.2. The molecular weight excluding hydrogens is 380 g/mol. The van der Waals surface area contributed by atoms with E-state index in [0.717, 1.165) is 48.2 Å². The summed E-state index contributed by atoms with van der Waals surface area (Å²) in [6, 6.07) is 6.29. The molecule has 0 saturated heterocycles. The molecule has 2 amide bonds. The SMILES string of the molecule is CCc1cn(C(=O)Nc2ccccc2NC(=O)n2cc(CC)c(CC)n2)nc1CC. The number of rotatable bonds is 6. The maximum Gasteiger partial charge on any atom is 0.346 e. The molecule has 0 aliphatic carbocycles. The predicted octanol–water partition coefficient (Wildman–Crippen LogP) is 4.49. The van der Waals surface area contributed by atoms with Crippen molar-refractivity contribution in [3.63, 3.8) is 0 Å². The Morgan fingerprint density at radius 2 is 1.13 bits per heavy atom. The third-order valence-corrected chi connectivity index (χ3v) is 5.01. The highest BCUT2D eigenvalue weighted by molar-refractivity contribution is 5.99. The molecule has 0 atom stereocenters. The lowest BCUT2D eigenvalue weighted by molar-refractivity contribution is 0.249. The Morgan fingerprint density at radius 1 is 0.733 bits per heavy atom. The maximum absolute atomic E-state index is 12.7. The highest BCUT2D eigenvalue weighted by atomic mass is 16.2. The summed E-state index contributed by atoms with van der Waals surface area (Å²) in [5, 5.41) is 14.4. The van der Waals surface area contributed by atoms with Crippen molar-refractivity contribution in [1.82, 2.24) is 19.6 Å². The van der Waals surface area contributed by atoms with E-state index in [1.54, 1.807) is 36.7 Å². The number of nitrogens with zero attached hydrogens (tertiary/aromatic N) is 4. The topological polar surface area (TPSA) is 93.8 Å². The van der Waals surface area contributed by atoms with Gasteiger partial charge in [0.05, 0.1) is 22.8 Å². The molecular formula is C22H28N6O2. The second-order valence-electron chi connectivity index (χ2n) is 6.91. The largest absolute Gasteiger partial charge is 0.346 e. The van der Waals surface area contributed by atoms with Crippen LogP contribution in [0.5, 0.6) is 0 Å². The standard InChI is InChI=1S/C22H28N6O2/c1-5-15-13-27(25-17(15)7-3)21(29)23-19-11-9-10-12-20(19)24-22(30)28-14-16(6-2)18(8-4)26-28/h9-14H,5-8H2,1-4H3,(H,23,29)(H,24,30). The molecule has 0 fully saturated rings. The zero-order valence-corrected chi connectivity index (χ0v) is 17.9. The first-order chi connectivity index (χ1) is 14.5. The Hall–Kier alpha value is -3.42. The lowest BCUT2D eigenvalue weighted by Crippen LogP contribution is -2.23. The number of para-hydroxylation sites is 2. The minimum absolute atomic E-state index is 0.383. The van der Waals surface area contributed by atoms with Crippen molar-refractivity contribution in [2.45, 2.75) is 53.4 Å². The van der Waals surface area contributed by atoms with Crippen molar-refractivity contribution < 1.29 is 9.59 Å². The molecule has 3 rings (SSSR count). The number of nitrogens with one attached hydrogen (secondary N) is 2. The van der Waals surface area contributed by atoms with Crippen LogP contribution in [-0.4, -0.2) is 31.6 Å². The van der Waals surface area contributed by atoms with Gasteiger partial charge in [-0.05, 0) is 48.9 Å². The van der Waals surface area contributed by atoms with Gasteiger partial charge in [-0.2, -0.15) is 19.6 Å². The Bertz CT molecular complexity index is 924. The lowest BCUT2D eigenvalue weighted by Gasteiger charge is -2.12. The fraction of sp³-hybridized carbons (Fsp3) is 0.364. The van der Waals surface area contributed by atoms with Crippen LogP contribution in [0.1, 0.15) is 50.2 Å². The minimum atomic E-state index is -0.383. The number of carbonyl (C=O) groups excluding carboxylic acids is 2. The smallest absolute Gasteiger partial charge is 0.304 e. The Labute approximate surface area is 176 Å². The first-order valence-electron chi connectivity index (χ1n) is 10.4. The average Bonchev–Trinajstić information content (AvgIpc) is 3.38. The third-order valence-electron chi connectivity index (χ3n) is 5.01. The van der Waals surface area contributed by atoms with E-state index >= 15 is 0 Å². The van der Waals surface area contributed by atoms with E-state index < -0.39 is 0 Å². The zero-order chi connectivity index (χ0) is 21.7. The van der Waals surface area contributed by atoms with Crippen LogP contribution in [0.15, 0.2) is 36.7 Å². The van der Waals surface area contributed by atoms with Crippen molar-refractivity contribution in [2.24, 2.45) is 0 Å². The van der Waals surface area contributed by atoms with Gasteiger partial charge in [-0.15, -0.1) is 0 Å². The highest BCUT2D eigenvalue weighted by Gasteiger charge is 2.16. The molecule has 30 heavy (non-hydrogen) atoms. The van der Waals surface area contributed by atoms with E-state index in [1.165, 1.54) is 9.36 Å². The van der Waals surface area contributed by atoms with Crippen LogP contribution in [-0.2, 0) is 25.7 Å². The van der Waals surface area contributed by atoms with Gasteiger partial charge in [-0.25, -0.2) is 9.59 Å². The number of carbonyl (C=O) groups is 2. The van der Waals surface area contributed by atoms with E-state index in [-0.39, 0.29) is 12.1 Å². The third kappa shape index (κ3) is 4.42. The summed E-state index contributed by atoms with van der Waals surface area (Å²) in [5.74, 6) is 0. The molecule has 2 N–H and O–H groups in total. The monoisotopic (exact) mass is 408 g/mol. The van der Waals surface area contributed by atoms with E-state index in [9.17, 15) is 9.59 Å². The number of anilines is 2. The summed E-state index contributed by atoms with van der Waals surface area (Å²) in [5.41, 5.74) is 4.89. The van der Waals surface area contributed by atoms with Gasteiger partial charge in [0.25, 0.3) is 0 Å². The van der Waals surface area contributed by atoms with Crippen LogP contribution in [0.3, 0.4) is 0 Å². The number of benzene rings is 1. The Balaban J connectivity index is 1.79. The van der Waals surface area contributed by atoms with E-state index in [2.05, 4.69) is 20.8 Å². The maximum atomic E-state index is 12.7. The Kier molecular flexibility index (Phi) is 6.66. The summed E-state index contributed by atoms with van der Waals surface area (Å²) in [6.45, 7) is 8.09. The first kappa shape index (κ1) is 21.3. The number of amides is 2. The molecule has 2 aromatic heterocycles. The second-order valence-corrected chi connectivity index (χ2v) is 6.91. The van der Waals surface area contributed by atoms with Crippen LogP contribution >= 0.6 is 0 Å². The average molecular weight is 409 g/mol. The van der Waals surface area contributed by atoms with Crippen molar-refractivity contribution >= 4 is 23.4 Å². The first-order valence-corrected chi connectivity index (χ1v) is 10.4.